The number of halogens is 1. The van der Waals surface area contributed by atoms with Crippen molar-refractivity contribution in [2.75, 3.05) is 42.9 Å². The van der Waals surface area contributed by atoms with Crippen LogP contribution in [0.4, 0.5) is 10.1 Å². The number of nitrogens with one attached hydrogen (secondary N) is 2. The van der Waals surface area contributed by atoms with E-state index in [-0.39, 0.29) is 18.0 Å². The fraction of sp³-hybridized carbons (Fsp3) is 0.588. The fourth-order valence-corrected chi connectivity index (χ4v) is 4.81. The van der Waals surface area contributed by atoms with Crippen LogP contribution in [0.3, 0.4) is 0 Å². The Morgan fingerprint density at radius 3 is 2.88 bits per heavy atom. The second-order valence-electron chi connectivity index (χ2n) is 6.21. The van der Waals surface area contributed by atoms with Crippen molar-refractivity contribution >= 4 is 33.4 Å². The molecule has 26 heavy (non-hydrogen) atoms. The summed E-state index contributed by atoms with van der Waals surface area (Å²) in [5, 5.41) is 3.69. The summed E-state index contributed by atoms with van der Waals surface area (Å²) in [6.45, 7) is 5.84. The van der Waals surface area contributed by atoms with Crippen molar-refractivity contribution in [3.05, 3.63) is 29.6 Å². The minimum absolute atomic E-state index is 0.124. The number of aryl methyl sites for hydroxylation is 1. The number of hydrogen-bond acceptors (Lipinski definition) is 4. The van der Waals surface area contributed by atoms with E-state index in [0.29, 0.717) is 10.8 Å². The van der Waals surface area contributed by atoms with Gasteiger partial charge in [0.05, 0.1) is 11.4 Å². The highest BCUT2D eigenvalue weighted by Gasteiger charge is 2.21. The molecule has 146 valence electrons. The number of aliphatic imine (C=N–C) groups is 1. The second-order valence-corrected chi connectivity index (χ2v) is 9.46. The minimum atomic E-state index is -3.57. The summed E-state index contributed by atoms with van der Waals surface area (Å²) in [6, 6.07) is 4.29. The van der Waals surface area contributed by atoms with E-state index in [2.05, 4.69) is 26.9 Å². The monoisotopic (exact) mass is 402 g/mol. The predicted molar refractivity (Wildman–Crippen MR) is 108 cm³/mol. The molecule has 0 bridgehead atoms. The van der Waals surface area contributed by atoms with Crippen molar-refractivity contribution in [1.82, 2.24) is 10.2 Å². The van der Waals surface area contributed by atoms with Gasteiger partial charge in [-0.05, 0) is 31.0 Å². The summed E-state index contributed by atoms with van der Waals surface area (Å²) >= 11 is 1.97. The molecule has 0 amide bonds. The van der Waals surface area contributed by atoms with E-state index in [0.717, 1.165) is 31.2 Å². The first-order valence-corrected chi connectivity index (χ1v) is 11.4. The third-order valence-electron chi connectivity index (χ3n) is 4.20. The van der Waals surface area contributed by atoms with Gasteiger partial charge in [-0.15, -0.1) is 0 Å². The van der Waals surface area contributed by atoms with Crippen LogP contribution in [0.5, 0.6) is 0 Å². The molecule has 0 spiro atoms. The van der Waals surface area contributed by atoms with E-state index in [1.165, 1.54) is 6.07 Å². The van der Waals surface area contributed by atoms with Gasteiger partial charge in [0.25, 0.3) is 0 Å². The van der Waals surface area contributed by atoms with Crippen molar-refractivity contribution in [2.24, 2.45) is 4.99 Å². The molecule has 1 unspecified atom stereocenters. The Balaban J connectivity index is 1.87. The van der Waals surface area contributed by atoms with Crippen molar-refractivity contribution in [3.8, 4) is 0 Å². The molecule has 1 aliphatic heterocycles. The Morgan fingerprint density at radius 1 is 1.46 bits per heavy atom. The van der Waals surface area contributed by atoms with E-state index in [4.69, 9.17) is 0 Å². The lowest BCUT2D eigenvalue weighted by atomic mass is 10.2. The Morgan fingerprint density at radius 2 is 2.23 bits per heavy atom. The van der Waals surface area contributed by atoms with Gasteiger partial charge in [0.1, 0.15) is 5.82 Å². The number of rotatable bonds is 6. The lowest BCUT2D eigenvalue weighted by Crippen LogP contribution is -2.48. The van der Waals surface area contributed by atoms with E-state index in [1.54, 1.807) is 26.1 Å². The molecule has 0 saturated carbocycles. The topological polar surface area (TPSA) is 73.8 Å². The van der Waals surface area contributed by atoms with Gasteiger partial charge in [0.15, 0.2) is 5.96 Å². The Hall–Kier alpha value is -1.48. The first-order chi connectivity index (χ1) is 12.3. The zero-order valence-electron chi connectivity index (χ0n) is 15.5. The first kappa shape index (κ1) is 20.8. The predicted octanol–water partition coefficient (Wildman–Crippen LogP) is 2.28. The summed E-state index contributed by atoms with van der Waals surface area (Å²) in [7, 11) is -1.87. The third-order valence-corrected chi connectivity index (χ3v) is 6.86. The summed E-state index contributed by atoms with van der Waals surface area (Å²) in [5.74, 6) is 1.21. The van der Waals surface area contributed by atoms with Gasteiger partial charge in [-0.2, -0.15) is 11.8 Å². The molecular formula is C17H27FN4O2S2. The van der Waals surface area contributed by atoms with Gasteiger partial charge < -0.3 is 10.2 Å². The molecule has 0 aromatic heterocycles. The molecule has 6 nitrogen and oxygen atoms in total. The average molecular weight is 403 g/mol. The smallest absolute Gasteiger partial charge is 0.234 e. The molecule has 1 atom stereocenters. The van der Waals surface area contributed by atoms with Crippen molar-refractivity contribution in [3.63, 3.8) is 0 Å². The van der Waals surface area contributed by atoms with Gasteiger partial charge in [-0.25, -0.2) is 12.8 Å². The van der Waals surface area contributed by atoms with Gasteiger partial charge in [0.2, 0.25) is 10.0 Å². The summed E-state index contributed by atoms with van der Waals surface area (Å²) in [6.07, 6.45) is 1.10. The second kappa shape index (κ2) is 9.45. The number of anilines is 1. The molecule has 1 aromatic rings. The minimum Gasteiger partial charge on any atom is -0.355 e. The molecule has 2 rings (SSSR count). The lowest BCUT2D eigenvalue weighted by molar-refractivity contribution is 0.409. The zero-order valence-corrected chi connectivity index (χ0v) is 17.1. The average Bonchev–Trinajstić information content (AvgIpc) is 2.61. The van der Waals surface area contributed by atoms with Crippen LogP contribution in [-0.4, -0.2) is 62.7 Å². The number of thioether (sulfide) groups is 1. The zero-order chi connectivity index (χ0) is 19.2. The molecular weight excluding hydrogens is 375 g/mol. The number of benzene rings is 1. The Labute approximate surface area is 159 Å². The number of sulfonamides is 1. The lowest BCUT2D eigenvalue weighted by Gasteiger charge is -2.34. The van der Waals surface area contributed by atoms with Crippen LogP contribution >= 0.6 is 11.8 Å². The van der Waals surface area contributed by atoms with Crippen molar-refractivity contribution in [2.45, 2.75) is 25.5 Å². The van der Waals surface area contributed by atoms with Crippen LogP contribution < -0.4 is 10.0 Å². The van der Waals surface area contributed by atoms with Crippen LogP contribution in [0.1, 0.15) is 18.9 Å². The third kappa shape index (κ3) is 6.05. The van der Waals surface area contributed by atoms with Gasteiger partial charge in [-0.1, -0.05) is 13.0 Å². The molecule has 1 heterocycles. The van der Waals surface area contributed by atoms with E-state index < -0.39 is 15.8 Å². The maximum Gasteiger partial charge on any atom is 0.234 e. The summed E-state index contributed by atoms with van der Waals surface area (Å²) in [5.41, 5.74) is 0.708. The van der Waals surface area contributed by atoms with Crippen LogP contribution in [0, 0.1) is 12.7 Å². The van der Waals surface area contributed by atoms with Crippen LogP contribution in [0.15, 0.2) is 23.2 Å². The van der Waals surface area contributed by atoms with Gasteiger partial charge in [-0.3, -0.25) is 9.71 Å². The molecule has 1 aromatic carbocycles. The molecule has 0 aliphatic carbocycles. The molecule has 1 fully saturated rings. The summed E-state index contributed by atoms with van der Waals surface area (Å²) in [4.78, 5) is 6.43. The highest BCUT2D eigenvalue weighted by molar-refractivity contribution is 8.00. The Kier molecular flexibility index (Phi) is 7.57. The molecule has 2 N–H and O–H groups in total. The van der Waals surface area contributed by atoms with Crippen LogP contribution in [0.25, 0.3) is 0 Å². The number of hydrogen-bond donors (Lipinski definition) is 2. The maximum absolute atomic E-state index is 13.6. The molecule has 0 radical (unpaired) electrons. The number of nitrogens with zero attached hydrogens (tertiary/aromatic N) is 2. The number of guanidine groups is 1. The summed E-state index contributed by atoms with van der Waals surface area (Å²) < 4.78 is 40.4. The van der Waals surface area contributed by atoms with Gasteiger partial charge in [0, 0.05) is 37.7 Å². The highest BCUT2D eigenvalue weighted by atomic mass is 32.2. The van der Waals surface area contributed by atoms with E-state index >= 15 is 0 Å². The largest absolute Gasteiger partial charge is 0.355 e. The molecule has 1 saturated heterocycles. The van der Waals surface area contributed by atoms with Crippen LogP contribution in [0.2, 0.25) is 0 Å². The van der Waals surface area contributed by atoms with E-state index in [9.17, 15) is 12.8 Å². The highest BCUT2D eigenvalue weighted by Crippen LogP contribution is 2.21. The van der Waals surface area contributed by atoms with Crippen molar-refractivity contribution in [1.29, 1.82) is 0 Å². The first-order valence-electron chi connectivity index (χ1n) is 8.68. The Bertz CT molecular complexity index is 740. The van der Waals surface area contributed by atoms with Crippen LogP contribution in [-0.2, 0) is 10.0 Å². The van der Waals surface area contributed by atoms with Crippen molar-refractivity contribution < 1.29 is 12.8 Å². The molecule has 1 aliphatic rings. The molecule has 9 heteroatoms. The standard InChI is InChI=1S/C17H27FN4O2S2/c1-4-15-12-22(8-9-25-15)17(19-3)20-7-10-26(23,24)21-14-6-5-13(2)16(18)11-14/h5-6,11,15,21H,4,7-10,12H2,1-3H3,(H,19,20). The fourth-order valence-electron chi connectivity index (χ4n) is 2.68. The SMILES string of the molecule is CCC1CN(C(=NC)NCCS(=O)(=O)Nc2ccc(C)c(F)c2)CCS1. The van der Waals surface area contributed by atoms with E-state index in [1.807, 2.05) is 11.8 Å². The van der Waals surface area contributed by atoms with Gasteiger partial charge >= 0.3 is 0 Å². The normalized spacial score (nSPS) is 18.7. The maximum atomic E-state index is 13.6. The quantitative estimate of drug-likeness (QED) is 0.564.